The smallest absolute Gasteiger partial charge is 0.191 e. The number of rotatable bonds is 7. The van der Waals surface area contributed by atoms with E-state index in [1.54, 1.807) is 11.8 Å². The Morgan fingerprint density at radius 2 is 2.15 bits per heavy atom. The van der Waals surface area contributed by atoms with Crippen LogP contribution < -0.4 is 10.6 Å². The summed E-state index contributed by atoms with van der Waals surface area (Å²) in [6, 6.07) is 7.97. The summed E-state index contributed by atoms with van der Waals surface area (Å²) < 4.78 is 0. The molecular formula is C14H23ClIN3S. The summed E-state index contributed by atoms with van der Waals surface area (Å²) >= 11 is 7.77. The molecule has 0 aliphatic rings. The first kappa shape index (κ1) is 19.9. The number of guanidine groups is 1. The van der Waals surface area contributed by atoms with Gasteiger partial charge in [-0.3, -0.25) is 4.99 Å². The topological polar surface area (TPSA) is 36.4 Å². The van der Waals surface area contributed by atoms with Crippen molar-refractivity contribution in [2.24, 2.45) is 4.99 Å². The lowest BCUT2D eigenvalue weighted by atomic mass is 10.1. The minimum absolute atomic E-state index is 0. The number of aliphatic imine (C=N–C) groups is 1. The summed E-state index contributed by atoms with van der Waals surface area (Å²) in [4.78, 5) is 4.50. The molecular weight excluding hydrogens is 405 g/mol. The van der Waals surface area contributed by atoms with Crippen molar-refractivity contribution in [3.05, 3.63) is 34.9 Å². The maximum absolute atomic E-state index is 5.96. The van der Waals surface area contributed by atoms with Crippen molar-refractivity contribution in [1.29, 1.82) is 0 Å². The normalized spacial score (nSPS) is 10.8. The van der Waals surface area contributed by atoms with E-state index in [4.69, 9.17) is 11.6 Å². The van der Waals surface area contributed by atoms with Crippen molar-refractivity contribution in [3.63, 3.8) is 0 Å². The molecule has 1 aromatic rings. The number of nitrogens with one attached hydrogen (secondary N) is 2. The Morgan fingerprint density at radius 3 is 2.80 bits per heavy atom. The highest BCUT2D eigenvalue weighted by atomic mass is 127. The molecule has 0 fully saturated rings. The standard InChI is InChI=1S/C14H22ClN3S.HI/c1-3-16-14(18-9-10-19-2)17-8-7-12-5-4-6-13(15)11-12;/h4-6,11H,3,7-10H2,1-2H3,(H2,16,17,18);1H. The first-order valence-corrected chi connectivity index (χ1v) is 8.29. The second kappa shape index (κ2) is 12.6. The van der Waals surface area contributed by atoms with Gasteiger partial charge >= 0.3 is 0 Å². The summed E-state index contributed by atoms with van der Waals surface area (Å²) in [6.07, 6.45) is 3.03. The minimum atomic E-state index is 0. The molecule has 0 bridgehead atoms. The van der Waals surface area contributed by atoms with Crippen LogP contribution in [0.1, 0.15) is 12.5 Å². The van der Waals surface area contributed by atoms with Crippen LogP contribution >= 0.6 is 47.3 Å². The molecule has 3 nitrogen and oxygen atoms in total. The fourth-order valence-electron chi connectivity index (χ4n) is 1.61. The quantitative estimate of drug-likeness (QED) is 0.303. The molecule has 20 heavy (non-hydrogen) atoms. The number of hydrogen-bond donors (Lipinski definition) is 2. The van der Waals surface area contributed by atoms with Crippen molar-refractivity contribution in [2.45, 2.75) is 13.3 Å². The lowest BCUT2D eigenvalue weighted by Crippen LogP contribution is -2.38. The number of nitrogens with zero attached hydrogens (tertiary/aromatic N) is 1. The third-order valence-corrected chi connectivity index (χ3v) is 3.33. The van der Waals surface area contributed by atoms with Crippen LogP contribution in [0.5, 0.6) is 0 Å². The molecule has 1 rings (SSSR count). The largest absolute Gasteiger partial charge is 0.357 e. The highest BCUT2D eigenvalue weighted by Gasteiger charge is 1.98. The molecule has 0 saturated heterocycles. The zero-order valence-corrected chi connectivity index (χ0v) is 15.9. The van der Waals surface area contributed by atoms with E-state index in [1.807, 2.05) is 18.2 Å². The monoisotopic (exact) mass is 427 g/mol. The lowest BCUT2D eigenvalue weighted by molar-refractivity contribution is 0.804. The molecule has 0 amide bonds. The molecule has 0 radical (unpaired) electrons. The third-order valence-electron chi connectivity index (χ3n) is 2.50. The van der Waals surface area contributed by atoms with Crippen LogP contribution in [0.25, 0.3) is 0 Å². The molecule has 0 spiro atoms. The molecule has 0 aromatic heterocycles. The summed E-state index contributed by atoms with van der Waals surface area (Å²) in [5, 5.41) is 7.37. The molecule has 0 aliphatic heterocycles. The van der Waals surface area contributed by atoms with Gasteiger partial charge < -0.3 is 10.6 Å². The third kappa shape index (κ3) is 8.92. The Morgan fingerprint density at radius 1 is 1.35 bits per heavy atom. The second-order valence-corrected chi connectivity index (χ2v) is 5.48. The van der Waals surface area contributed by atoms with Crippen LogP contribution in [-0.2, 0) is 6.42 Å². The van der Waals surface area contributed by atoms with Crippen LogP contribution in [-0.4, -0.2) is 37.6 Å². The van der Waals surface area contributed by atoms with Gasteiger partial charge in [0.05, 0.1) is 6.54 Å². The number of halogens is 2. The van der Waals surface area contributed by atoms with E-state index in [0.29, 0.717) is 0 Å². The summed E-state index contributed by atoms with van der Waals surface area (Å²) in [7, 11) is 0. The first-order valence-electron chi connectivity index (χ1n) is 6.51. The average Bonchev–Trinajstić information content (AvgIpc) is 2.39. The summed E-state index contributed by atoms with van der Waals surface area (Å²) in [6.45, 7) is 4.64. The molecule has 6 heteroatoms. The summed E-state index contributed by atoms with van der Waals surface area (Å²) in [5.74, 6) is 1.93. The van der Waals surface area contributed by atoms with Crippen molar-refractivity contribution in [3.8, 4) is 0 Å². The Kier molecular flexibility index (Phi) is 12.5. The van der Waals surface area contributed by atoms with E-state index in [1.165, 1.54) is 5.56 Å². The van der Waals surface area contributed by atoms with E-state index in [2.05, 4.69) is 34.9 Å². The van der Waals surface area contributed by atoms with Gasteiger partial charge in [0.2, 0.25) is 0 Å². The maximum atomic E-state index is 5.96. The molecule has 0 aliphatic carbocycles. The predicted octanol–water partition coefficient (Wildman–Crippen LogP) is 3.42. The highest BCUT2D eigenvalue weighted by molar-refractivity contribution is 14.0. The van der Waals surface area contributed by atoms with Crippen LogP contribution in [0.3, 0.4) is 0 Å². The Balaban J connectivity index is 0.00000361. The molecule has 1 aromatic carbocycles. The van der Waals surface area contributed by atoms with Gasteiger partial charge in [0.25, 0.3) is 0 Å². The van der Waals surface area contributed by atoms with Crippen molar-refractivity contribution in [2.75, 3.05) is 31.6 Å². The van der Waals surface area contributed by atoms with Crippen LogP contribution in [0, 0.1) is 0 Å². The fourth-order valence-corrected chi connectivity index (χ4v) is 2.09. The van der Waals surface area contributed by atoms with E-state index < -0.39 is 0 Å². The summed E-state index contributed by atoms with van der Waals surface area (Å²) in [5.41, 5.74) is 1.24. The zero-order chi connectivity index (χ0) is 13.9. The van der Waals surface area contributed by atoms with E-state index >= 15 is 0 Å². The molecule has 2 N–H and O–H groups in total. The predicted molar refractivity (Wildman–Crippen MR) is 103 cm³/mol. The Labute approximate surface area is 148 Å². The van der Waals surface area contributed by atoms with Gasteiger partial charge in [-0.25, -0.2) is 0 Å². The average molecular weight is 428 g/mol. The highest BCUT2D eigenvalue weighted by Crippen LogP contribution is 2.10. The second-order valence-electron chi connectivity index (χ2n) is 4.06. The maximum Gasteiger partial charge on any atom is 0.191 e. The van der Waals surface area contributed by atoms with E-state index in [0.717, 1.165) is 42.8 Å². The van der Waals surface area contributed by atoms with E-state index in [9.17, 15) is 0 Å². The van der Waals surface area contributed by atoms with Crippen molar-refractivity contribution >= 4 is 53.3 Å². The van der Waals surface area contributed by atoms with E-state index in [-0.39, 0.29) is 24.0 Å². The molecule has 0 heterocycles. The fraction of sp³-hybridized carbons (Fsp3) is 0.500. The van der Waals surface area contributed by atoms with Gasteiger partial charge in [0.15, 0.2) is 5.96 Å². The van der Waals surface area contributed by atoms with Crippen LogP contribution in [0.2, 0.25) is 5.02 Å². The number of thioether (sulfide) groups is 1. The van der Waals surface area contributed by atoms with Crippen LogP contribution in [0.4, 0.5) is 0 Å². The lowest BCUT2D eigenvalue weighted by Gasteiger charge is -2.11. The van der Waals surface area contributed by atoms with Crippen LogP contribution in [0.15, 0.2) is 29.3 Å². The van der Waals surface area contributed by atoms with Crippen molar-refractivity contribution in [1.82, 2.24) is 10.6 Å². The van der Waals surface area contributed by atoms with Crippen molar-refractivity contribution < 1.29 is 0 Å². The van der Waals surface area contributed by atoms with Gasteiger partial charge in [-0.2, -0.15) is 11.8 Å². The SMILES string of the molecule is CCNC(=NCCSC)NCCc1cccc(Cl)c1.I. The van der Waals surface area contributed by atoms with Gasteiger partial charge in [0, 0.05) is 23.9 Å². The number of benzene rings is 1. The molecule has 114 valence electrons. The first-order chi connectivity index (χ1) is 9.26. The van der Waals surface area contributed by atoms with Gasteiger partial charge in [-0.05, 0) is 37.3 Å². The van der Waals surface area contributed by atoms with Gasteiger partial charge in [0.1, 0.15) is 0 Å². The molecule has 0 atom stereocenters. The Bertz CT molecular complexity index is 402. The Hall–Kier alpha value is -0.140. The number of hydrogen-bond acceptors (Lipinski definition) is 2. The van der Waals surface area contributed by atoms with Gasteiger partial charge in [-0.15, -0.1) is 24.0 Å². The van der Waals surface area contributed by atoms with Gasteiger partial charge in [-0.1, -0.05) is 23.7 Å². The zero-order valence-electron chi connectivity index (χ0n) is 12.0. The molecule has 0 saturated carbocycles. The molecule has 0 unspecified atom stereocenters. The minimum Gasteiger partial charge on any atom is -0.357 e.